The minimum atomic E-state index is 1.01. The largest absolute Gasteiger partial charge is 0.248 e. The smallest absolute Gasteiger partial charge is 0.0709 e. The van der Waals surface area contributed by atoms with Crippen molar-refractivity contribution >= 4 is 10.8 Å². The van der Waals surface area contributed by atoms with Crippen molar-refractivity contribution in [2.75, 3.05) is 0 Å². The zero-order chi connectivity index (χ0) is 14.8. The summed E-state index contributed by atoms with van der Waals surface area (Å²) in [5, 5.41) is 2.50. The molecule has 0 fully saturated rings. The molecule has 0 aliphatic carbocycles. The van der Waals surface area contributed by atoms with Gasteiger partial charge in [0.15, 0.2) is 0 Å². The maximum atomic E-state index is 4.82. The first-order valence-corrected chi connectivity index (χ1v) is 7.42. The highest BCUT2D eigenvalue weighted by Crippen LogP contribution is 2.25. The molecule has 1 nitrogen and oxygen atoms in total. The molecule has 0 atom stereocenters. The molecule has 0 radical (unpaired) electrons. The third-order valence-corrected chi connectivity index (χ3v) is 3.86. The van der Waals surface area contributed by atoms with E-state index >= 15 is 0 Å². The van der Waals surface area contributed by atoms with Gasteiger partial charge in [-0.05, 0) is 29.0 Å². The molecule has 4 aromatic rings. The van der Waals surface area contributed by atoms with Gasteiger partial charge in [0, 0.05) is 11.1 Å². The van der Waals surface area contributed by atoms with Gasteiger partial charge in [-0.2, -0.15) is 0 Å². The summed E-state index contributed by atoms with van der Waals surface area (Å²) in [5.74, 6) is 0. The lowest BCUT2D eigenvalue weighted by Gasteiger charge is -2.06. The highest BCUT2D eigenvalue weighted by atomic mass is 14.7. The number of hydrogen-bond donors (Lipinski definition) is 0. The number of aromatic nitrogens is 1. The van der Waals surface area contributed by atoms with E-state index in [0.717, 1.165) is 22.5 Å². The molecule has 0 amide bonds. The molecule has 0 N–H and O–H groups in total. The number of nitrogens with zero attached hydrogens (tertiary/aromatic N) is 1. The van der Waals surface area contributed by atoms with Gasteiger partial charge < -0.3 is 0 Å². The monoisotopic (exact) mass is 281 g/mol. The highest BCUT2D eigenvalue weighted by molar-refractivity contribution is 5.86. The van der Waals surface area contributed by atoms with E-state index in [9.17, 15) is 0 Å². The van der Waals surface area contributed by atoms with E-state index in [-0.39, 0.29) is 0 Å². The topological polar surface area (TPSA) is 12.9 Å². The Morgan fingerprint density at radius 1 is 0.455 bits per heavy atom. The molecule has 4 rings (SSSR count). The zero-order valence-electron chi connectivity index (χ0n) is 12.1. The summed E-state index contributed by atoms with van der Waals surface area (Å²) in [6.45, 7) is 0. The Kier molecular flexibility index (Phi) is 3.17. The number of rotatable bonds is 2. The van der Waals surface area contributed by atoms with Gasteiger partial charge in [0.25, 0.3) is 0 Å². The van der Waals surface area contributed by atoms with Crippen molar-refractivity contribution in [2.24, 2.45) is 0 Å². The van der Waals surface area contributed by atoms with Crippen molar-refractivity contribution in [3.05, 3.63) is 91.0 Å². The minimum absolute atomic E-state index is 1.01. The Hall–Kier alpha value is -2.93. The van der Waals surface area contributed by atoms with Crippen LogP contribution >= 0.6 is 0 Å². The third-order valence-electron chi connectivity index (χ3n) is 3.86. The van der Waals surface area contributed by atoms with Crippen molar-refractivity contribution in [3.8, 4) is 22.5 Å². The summed E-state index contributed by atoms with van der Waals surface area (Å²) in [6.07, 6.45) is 0. The standard InChI is InChI=1S/C21H15N/c1-2-8-17(9-3-1)20-11-6-12-21(22-20)19-14-13-16-7-4-5-10-18(16)15-19/h1-15H. The summed E-state index contributed by atoms with van der Waals surface area (Å²) < 4.78 is 0. The second-order valence-electron chi connectivity index (χ2n) is 5.34. The van der Waals surface area contributed by atoms with Crippen LogP contribution in [0.25, 0.3) is 33.3 Å². The molecule has 104 valence electrons. The van der Waals surface area contributed by atoms with Crippen LogP contribution in [0.1, 0.15) is 0 Å². The van der Waals surface area contributed by atoms with Crippen LogP contribution in [0.3, 0.4) is 0 Å². The lowest BCUT2D eigenvalue weighted by Crippen LogP contribution is -1.87. The van der Waals surface area contributed by atoms with Crippen molar-refractivity contribution < 1.29 is 0 Å². The van der Waals surface area contributed by atoms with Gasteiger partial charge in [-0.25, -0.2) is 4.98 Å². The first-order chi connectivity index (χ1) is 10.9. The molecule has 0 saturated heterocycles. The summed E-state index contributed by atoms with van der Waals surface area (Å²) >= 11 is 0. The second kappa shape index (κ2) is 5.45. The second-order valence-corrected chi connectivity index (χ2v) is 5.34. The number of benzene rings is 3. The van der Waals surface area contributed by atoms with Crippen LogP contribution in [0.4, 0.5) is 0 Å². The van der Waals surface area contributed by atoms with Gasteiger partial charge >= 0.3 is 0 Å². The predicted octanol–water partition coefficient (Wildman–Crippen LogP) is 5.57. The Labute approximate surface area is 129 Å². The molecule has 0 unspecified atom stereocenters. The van der Waals surface area contributed by atoms with Gasteiger partial charge in [0.05, 0.1) is 11.4 Å². The normalized spacial score (nSPS) is 10.7. The third kappa shape index (κ3) is 2.38. The SMILES string of the molecule is c1ccc(-c2cccc(-c3ccc4ccccc4c3)n2)cc1. The van der Waals surface area contributed by atoms with E-state index in [2.05, 4.69) is 72.8 Å². The van der Waals surface area contributed by atoms with E-state index in [4.69, 9.17) is 4.98 Å². The van der Waals surface area contributed by atoms with E-state index in [1.54, 1.807) is 0 Å². The van der Waals surface area contributed by atoms with Gasteiger partial charge in [0.1, 0.15) is 0 Å². The van der Waals surface area contributed by atoms with Crippen LogP contribution in [0.5, 0.6) is 0 Å². The number of fused-ring (bicyclic) bond motifs is 1. The Bertz CT molecular complexity index is 926. The van der Waals surface area contributed by atoms with Gasteiger partial charge in [0.2, 0.25) is 0 Å². The van der Waals surface area contributed by atoms with Crippen LogP contribution in [0.2, 0.25) is 0 Å². The van der Waals surface area contributed by atoms with Crippen LogP contribution in [-0.2, 0) is 0 Å². The van der Waals surface area contributed by atoms with Gasteiger partial charge in [-0.3, -0.25) is 0 Å². The Morgan fingerprint density at radius 2 is 1.14 bits per heavy atom. The molecule has 0 saturated carbocycles. The van der Waals surface area contributed by atoms with Gasteiger partial charge in [-0.1, -0.05) is 72.8 Å². The first-order valence-electron chi connectivity index (χ1n) is 7.42. The molecule has 0 aliphatic rings. The number of hydrogen-bond acceptors (Lipinski definition) is 1. The fourth-order valence-corrected chi connectivity index (χ4v) is 2.71. The first kappa shape index (κ1) is 12.8. The maximum Gasteiger partial charge on any atom is 0.0709 e. The summed E-state index contributed by atoms with van der Waals surface area (Å²) in [6, 6.07) is 31.4. The van der Waals surface area contributed by atoms with Gasteiger partial charge in [-0.15, -0.1) is 0 Å². The average molecular weight is 281 g/mol. The average Bonchev–Trinajstić information content (AvgIpc) is 2.62. The quantitative estimate of drug-likeness (QED) is 0.468. The van der Waals surface area contributed by atoms with E-state index in [0.29, 0.717) is 0 Å². The fourth-order valence-electron chi connectivity index (χ4n) is 2.71. The molecule has 22 heavy (non-hydrogen) atoms. The molecule has 3 aromatic carbocycles. The molecule has 1 heteroatoms. The Balaban J connectivity index is 1.81. The van der Waals surface area contributed by atoms with Crippen LogP contribution in [-0.4, -0.2) is 4.98 Å². The molecular weight excluding hydrogens is 266 g/mol. The minimum Gasteiger partial charge on any atom is -0.248 e. The van der Waals surface area contributed by atoms with Crippen molar-refractivity contribution in [2.45, 2.75) is 0 Å². The lowest BCUT2D eigenvalue weighted by atomic mass is 10.0. The predicted molar refractivity (Wildman–Crippen MR) is 92.6 cm³/mol. The Morgan fingerprint density at radius 3 is 1.95 bits per heavy atom. The summed E-state index contributed by atoms with van der Waals surface area (Å²) in [7, 11) is 0. The molecule has 1 aromatic heterocycles. The summed E-state index contributed by atoms with van der Waals surface area (Å²) in [5.41, 5.74) is 4.31. The van der Waals surface area contributed by atoms with Crippen LogP contribution in [0, 0.1) is 0 Å². The fraction of sp³-hybridized carbons (Fsp3) is 0. The summed E-state index contributed by atoms with van der Waals surface area (Å²) in [4.78, 5) is 4.82. The van der Waals surface area contributed by atoms with E-state index < -0.39 is 0 Å². The van der Waals surface area contributed by atoms with Crippen molar-refractivity contribution in [3.63, 3.8) is 0 Å². The molecule has 0 bridgehead atoms. The maximum absolute atomic E-state index is 4.82. The van der Waals surface area contributed by atoms with Crippen LogP contribution < -0.4 is 0 Å². The van der Waals surface area contributed by atoms with Crippen LogP contribution in [0.15, 0.2) is 91.0 Å². The van der Waals surface area contributed by atoms with Crippen molar-refractivity contribution in [1.82, 2.24) is 4.98 Å². The molecular formula is C21H15N. The molecule has 1 heterocycles. The molecule has 0 aliphatic heterocycles. The number of pyridine rings is 1. The highest BCUT2D eigenvalue weighted by Gasteiger charge is 2.04. The zero-order valence-corrected chi connectivity index (χ0v) is 12.1. The van der Waals surface area contributed by atoms with Crippen molar-refractivity contribution in [1.29, 1.82) is 0 Å². The lowest BCUT2D eigenvalue weighted by molar-refractivity contribution is 1.32. The molecule has 0 spiro atoms. The van der Waals surface area contributed by atoms with E-state index in [1.807, 2.05) is 18.2 Å². The van der Waals surface area contributed by atoms with E-state index in [1.165, 1.54) is 10.8 Å².